The van der Waals surface area contributed by atoms with Gasteiger partial charge in [-0.1, -0.05) is 48.0 Å². The van der Waals surface area contributed by atoms with E-state index >= 15 is 0 Å². The van der Waals surface area contributed by atoms with Crippen molar-refractivity contribution in [2.24, 2.45) is 0 Å². The lowest BCUT2D eigenvalue weighted by Crippen LogP contribution is -2.33. The first-order valence-corrected chi connectivity index (χ1v) is 8.43. The van der Waals surface area contributed by atoms with E-state index in [1.165, 1.54) is 18.9 Å². The molecular weight excluding hydrogens is 328 g/mol. The summed E-state index contributed by atoms with van der Waals surface area (Å²) in [6.07, 6.45) is 2.18. The third kappa shape index (κ3) is 3.80. The monoisotopic (exact) mass is 346 g/mol. The first kappa shape index (κ1) is 17.6. The average Bonchev–Trinajstić information content (AvgIpc) is 2.55. The van der Waals surface area contributed by atoms with Crippen molar-refractivity contribution in [2.45, 2.75) is 23.0 Å². The molecule has 0 aromatic heterocycles. The normalized spacial score (nSPS) is 13.2. The van der Waals surface area contributed by atoms with Gasteiger partial charge in [0.25, 0.3) is 0 Å². The summed E-state index contributed by atoms with van der Waals surface area (Å²) in [5, 5.41) is 0.588. The Morgan fingerprint density at radius 1 is 1.30 bits per heavy atom. The minimum absolute atomic E-state index is 0.312. The summed E-state index contributed by atoms with van der Waals surface area (Å²) in [5.41, 5.74) is 1.92. The molecule has 2 aromatic rings. The number of allylic oxidation sites excluding steroid dienone is 1. The Morgan fingerprint density at radius 2 is 2.04 bits per heavy atom. The molecule has 0 aliphatic rings. The molecule has 23 heavy (non-hydrogen) atoms. The molecule has 1 atom stereocenters. The molecule has 0 aliphatic carbocycles. The molecule has 0 radical (unpaired) electrons. The van der Waals surface area contributed by atoms with E-state index in [2.05, 4.69) is 6.58 Å². The molecule has 0 amide bonds. The van der Waals surface area contributed by atoms with Crippen LogP contribution in [0.3, 0.4) is 0 Å². The number of rotatable bonds is 6. The van der Waals surface area contributed by atoms with E-state index in [0.29, 0.717) is 11.4 Å². The highest BCUT2D eigenvalue weighted by Gasteiger charge is 2.42. The highest BCUT2D eigenvalue weighted by Crippen LogP contribution is 2.46. The molecule has 0 saturated carbocycles. The van der Waals surface area contributed by atoms with Crippen molar-refractivity contribution in [2.75, 3.05) is 7.11 Å². The van der Waals surface area contributed by atoms with E-state index in [1.54, 1.807) is 12.1 Å². The molecule has 1 unspecified atom stereocenters. The summed E-state index contributed by atoms with van der Waals surface area (Å²) in [6, 6.07) is 15.3. The predicted octanol–water partition coefficient (Wildman–Crippen LogP) is 5.39. The molecule has 2 nitrogen and oxygen atoms in total. The van der Waals surface area contributed by atoms with Crippen LogP contribution in [0.15, 0.2) is 66.1 Å². The van der Waals surface area contributed by atoms with Crippen LogP contribution in [-0.2, 0) is 14.3 Å². The quantitative estimate of drug-likeness (QED) is 0.399. The van der Waals surface area contributed by atoms with E-state index in [-0.39, 0.29) is 5.97 Å². The lowest BCUT2D eigenvalue weighted by atomic mass is 9.94. The van der Waals surface area contributed by atoms with Crippen molar-refractivity contribution in [1.82, 2.24) is 0 Å². The van der Waals surface area contributed by atoms with Crippen LogP contribution in [0.2, 0.25) is 5.02 Å². The first-order valence-electron chi connectivity index (χ1n) is 7.23. The maximum absolute atomic E-state index is 12.7. The Kier molecular flexibility index (Phi) is 5.91. The zero-order valence-corrected chi connectivity index (χ0v) is 14.8. The standard InChI is InChI=1S/C19H19ClO2S/c1-4-12-19(18(21)22-3,15-9-7-10-16(20)13-15)23-17-11-6-5-8-14(17)2/h4-11,13H,1,12H2,2-3H3. The second-order valence-electron chi connectivity index (χ2n) is 5.19. The van der Waals surface area contributed by atoms with Crippen molar-refractivity contribution >= 4 is 29.3 Å². The second kappa shape index (κ2) is 7.71. The number of hydrogen-bond acceptors (Lipinski definition) is 3. The third-order valence-electron chi connectivity index (χ3n) is 3.62. The SMILES string of the molecule is C=CCC(Sc1ccccc1C)(C(=O)OC)c1cccc(Cl)c1. The van der Waals surface area contributed by atoms with Gasteiger partial charge in [0, 0.05) is 9.92 Å². The van der Waals surface area contributed by atoms with E-state index in [1.807, 2.05) is 49.4 Å². The van der Waals surface area contributed by atoms with Gasteiger partial charge in [0.05, 0.1) is 7.11 Å². The van der Waals surface area contributed by atoms with Crippen LogP contribution in [0, 0.1) is 6.92 Å². The van der Waals surface area contributed by atoms with Crippen molar-refractivity contribution in [3.63, 3.8) is 0 Å². The van der Waals surface area contributed by atoms with Gasteiger partial charge in [-0.2, -0.15) is 0 Å². The molecule has 120 valence electrons. The average molecular weight is 347 g/mol. The van der Waals surface area contributed by atoms with Gasteiger partial charge in [0.1, 0.15) is 4.75 Å². The number of esters is 1. The topological polar surface area (TPSA) is 26.3 Å². The van der Waals surface area contributed by atoms with E-state index in [4.69, 9.17) is 16.3 Å². The number of ether oxygens (including phenoxy) is 1. The highest BCUT2D eigenvalue weighted by molar-refractivity contribution is 8.01. The van der Waals surface area contributed by atoms with E-state index in [0.717, 1.165) is 16.0 Å². The zero-order valence-electron chi connectivity index (χ0n) is 13.2. The van der Waals surface area contributed by atoms with Crippen molar-refractivity contribution in [3.05, 3.63) is 77.3 Å². The van der Waals surface area contributed by atoms with Gasteiger partial charge < -0.3 is 4.74 Å². The van der Waals surface area contributed by atoms with Gasteiger partial charge in [-0.15, -0.1) is 18.3 Å². The molecule has 0 bridgehead atoms. The number of methoxy groups -OCH3 is 1. The fraction of sp³-hybridized carbons (Fsp3) is 0.211. The van der Waals surface area contributed by atoms with Crippen LogP contribution in [0.25, 0.3) is 0 Å². The molecular formula is C19H19ClO2S. The lowest BCUT2D eigenvalue weighted by Gasteiger charge is -2.30. The lowest BCUT2D eigenvalue weighted by molar-refractivity contribution is -0.143. The van der Waals surface area contributed by atoms with Gasteiger partial charge in [0.2, 0.25) is 0 Å². The Morgan fingerprint density at radius 3 is 2.65 bits per heavy atom. The molecule has 0 N–H and O–H groups in total. The minimum Gasteiger partial charge on any atom is -0.468 e. The number of benzene rings is 2. The van der Waals surface area contributed by atoms with Crippen LogP contribution >= 0.6 is 23.4 Å². The highest BCUT2D eigenvalue weighted by atomic mass is 35.5. The maximum atomic E-state index is 12.7. The van der Waals surface area contributed by atoms with Gasteiger partial charge in [0.15, 0.2) is 0 Å². The Labute approximate surface area is 146 Å². The van der Waals surface area contributed by atoms with Gasteiger partial charge >= 0.3 is 5.97 Å². The summed E-state index contributed by atoms with van der Waals surface area (Å²) in [4.78, 5) is 13.7. The third-order valence-corrected chi connectivity index (χ3v) is 5.45. The maximum Gasteiger partial charge on any atom is 0.327 e. The predicted molar refractivity (Wildman–Crippen MR) is 97.0 cm³/mol. The van der Waals surface area contributed by atoms with Crippen LogP contribution in [0.4, 0.5) is 0 Å². The summed E-state index contributed by atoms with van der Waals surface area (Å²) >= 11 is 7.62. The van der Waals surface area contributed by atoms with Crippen LogP contribution in [-0.4, -0.2) is 13.1 Å². The van der Waals surface area contributed by atoms with E-state index < -0.39 is 4.75 Å². The van der Waals surface area contributed by atoms with Gasteiger partial charge in [-0.05, 0) is 42.7 Å². The summed E-state index contributed by atoms with van der Waals surface area (Å²) in [7, 11) is 1.41. The summed E-state index contributed by atoms with van der Waals surface area (Å²) < 4.78 is 4.21. The van der Waals surface area contributed by atoms with Crippen LogP contribution in [0.5, 0.6) is 0 Å². The minimum atomic E-state index is -0.909. The largest absolute Gasteiger partial charge is 0.468 e. The second-order valence-corrected chi connectivity index (χ2v) is 6.97. The number of halogens is 1. The van der Waals surface area contributed by atoms with E-state index in [9.17, 15) is 4.79 Å². The van der Waals surface area contributed by atoms with Crippen molar-refractivity contribution < 1.29 is 9.53 Å². The molecule has 2 rings (SSSR count). The zero-order chi connectivity index (χ0) is 16.9. The smallest absolute Gasteiger partial charge is 0.327 e. The molecule has 2 aromatic carbocycles. The summed E-state index contributed by atoms with van der Waals surface area (Å²) in [6.45, 7) is 5.84. The Balaban J connectivity index is 2.60. The van der Waals surface area contributed by atoms with Crippen molar-refractivity contribution in [1.29, 1.82) is 0 Å². The molecule has 0 heterocycles. The summed E-state index contributed by atoms with van der Waals surface area (Å²) in [5.74, 6) is -0.312. The number of hydrogen-bond donors (Lipinski definition) is 0. The molecule has 4 heteroatoms. The van der Waals surface area contributed by atoms with Gasteiger partial charge in [-0.25, -0.2) is 0 Å². The Hall–Kier alpha value is -1.71. The number of carbonyl (C=O) groups excluding carboxylic acids is 1. The fourth-order valence-corrected chi connectivity index (χ4v) is 3.98. The molecule has 0 aliphatic heterocycles. The van der Waals surface area contributed by atoms with Gasteiger partial charge in [-0.3, -0.25) is 4.79 Å². The Bertz CT molecular complexity index is 714. The van der Waals surface area contributed by atoms with Crippen LogP contribution < -0.4 is 0 Å². The number of thioether (sulfide) groups is 1. The molecule has 0 spiro atoms. The number of aryl methyl sites for hydroxylation is 1. The number of carbonyl (C=O) groups is 1. The first-order chi connectivity index (χ1) is 11.0. The van der Waals surface area contributed by atoms with Crippen LogP contribution in [0.1, 0.15) is 17.5 Å². The molecule has 0 saturated heterocycles. The molecule has 0 fully saturated rings. The van der Waals surface area contributed by atoms with Crippen molar-refractivity contribution in [3.8, 4) is 0 Å². The fourth-order valence-electron chi connectivity index (χ4n) is 2.43.